The maximum absolute atomic E-state index is 12.1. The standard InChI is InChI=1S/C18H21ClN2O2/c1-13-4-9-17(14(10-13)11-21(2)3)20-18(22)12-23-16-7-5-15(19)6-8-16/h4-10H,11-12H2,1-3H3,(H,20,22). The number of nitrogens with zero attached hydrogens (tertiary/aromatic N) is 1. The highest BCUT2D eigenvalue weighted by molar-refractivity contribution is 6.30. The number of carbonyl (C=O) groups is 1. The molecule has 5 heteroatoms. The highest BCUT2D eigenvalue weighted by Gasteiger charge is 2.09. The van der Waals surface area contributed by atoms with Gasteiger partial charge in [-0.15, -0.1) is 0 Å². The maximum Gasteiger partial charge on any atom is 0.262 e. The van der Waals surface area contributed by atoms with E-state index in [1.807, 2.05) is 33.2 Å². The Kier molecular flexibility index (Phi) is 6.02. The summed E-state index contributed by atoms with van der Waals surface area (Å²) in [7, 11) is 4.00. The average molecular weight is 333 g/mol. The van der Waals surface area contributed by atoms with Crippen molar-refractivity contribution in [1.29, 1.82) is 0 Å². The minimum Gasteiger partial charge on any atom is -0.484 e. The Balaban J connectivity index is 1.98. The van der Waals surface area contributed by atoms with Crippen LogP contribution >= 0.6 is 11.6 Å². The Morgan fingerprint density at radius 3 is 2.52 bits per heavy atom. The third kappa shape index (κ3) is 5.58. The molecule has 2 rings (SSSR count). The minimum absolute atomic E-state index is 0.0447. The fraction of sp³-hybridized carbons (Fsp3) is 0.278. The molecule has 2 aromatic rings. The molecule has 0 aromatic heterocycles. The van der Waals surface area contributed by atoms with Crippen LogP contribution in [0.2, 0.25) is 5.02 Å². The first kappa shape index (κ1) is 17.3. The predicted octanol–water partition coefficient (Wildman–Crippen LogP) is 3.73. The van der Waals surface area contributed by atoms with E-state index < -0.39 is 0 Å². The zero-order valence-electron chi connectivity index (χ0n) is 13.6. The van der Waals surface area contributed by atoms with Crippen LogP contribution in [0.1, 0.15) is 11.1 Å². The number of benzene rings is 2. The second kappa shape index (κ2) is 7.99. The molecule has 0 aliphatic rings. The monoisotopic (exact) mass is 332 g/mol. The first-order valence-electron chi connectivity index (χ1n) is 7.36. The minimum atomic E-state index is -0.191. The third-order valence-corrected chi connectivity index (χ3v) is 3.46. The van der Waals surface area contributed by atoms with E-state index in [2.05, 4.69) is 16.3 Å². The van der Waals surface area contributed by atoms with Crippen molar-refractivity contribution < 1.29 is 9.53 Å². The molecular weight excluding hydrogens is 312 g/mol. The van der Waals surface area contributed by atoms with Crippen LogP contribution in [0, 0.1) is 6.92 Å². The van der Waals surface area contributed by atoms with Crippen molar-refractivity contribution in [1.82, 2.24) is 4.90 Å². The van der Waals surface area contributed by atoms with Crippen molar-refractivity contribution in [3.8, 4) is 5.75 Å². The van der Waals surface area contributed by atoms with Crippen LogP contribution in [-0.4, -0.2) is 31.5 Å². The predicted molar refractivity (Wildman–Crippen MR) is 94.1 cm³/mol. The molecule has 0 aliphatic heterocycles. The number of aryl methyl sites for hydroxylation is 1. The molecule has 23 heavy (non-hydrogen) atoms. The topological polar surface area (TPSA) is 41.6 Å². The number of carbonyl (C=O) groups excluding carboxylic acids is 1. The van der Waals surface area contributed by atoms with Gasteiger partial charge in [0.25, 0.3) is 5.91 Å². The molecule has 0 atom stereocenters. The summed E-state index contributed by atoms with van der Waals surface area (Å²) in [4.78, 5) is 14.2. The summed E-state index contributed by atoms with van der Waals surface area (Å²) < 4.78 is 5.46. The average Bonchev–Trinajstić information content (AvgIpc) is 2.49. The molecule has 1 N–H and O–H groups in total. The van der Waals surface area contributed by atoms with Crippen molar-refractivity contribution in [3.05, 3.63) is 58.6 Å². The summed E-state index contributed by atoms with van der Waals surface area (Å²) in [5.41, 5.74) is 3.06. The van der Waals surface area contributed by atoms with Gasteiger partial charge in [-0.2, -0.15) is 0 Å². The number of anilines is 1. The summed E-state index contributed by atoms with van der Waals surface area (Å²) in [6.45, 7) is 2.75. The molecular formula is C18H21ClN2O2. The Hall–Kier alpha value is -2.04. The van der Waals surface area contributed by atoms with E-state index in [-0.39, 0.29) is 12.5 Å². The number of rotatable bonds is 6. The Morgan fingerprint density at radius 1 is 1.17 bits per heavy atom. The van der Waals surface area contributed by atoms with Crippen LogP contribution < -0.4 is 10.1 Å². The number of hydrogen-bond donors (Lipinski definition) is 1. The lowest BCUT2D eigenvalue weighted by molar-refractivity contribution is -0.118. The number of amides is 1. The molecule has 1 amide bonds. The lowest BCUT2D eigenvalue weighted by Gasteiger charge is -2.16. The van der Waals surface area contributed by atoms with Gasteiger partial charge in [0.05, 0.1) is 0 Å². The van der Waals surface area contributed by atoms with Crippen molar-refractivity contribution in [2.75, 3.05) is 26.0 Å². The highest BCUT2D eigenvalue weighted by Crippen LogP contribution is 2.19. The Morgan fingerprint density at radius 2 is 1.87 bits per heavy atom. The van der Waals surface area contributed by atoms with Crippen molar-refractivity contribution >= 4 is 23.2 Å². The van der Waals surface area contributed by atoms with Crippen LogP contribution in [-0.2, 0) is 11.3 Å². The van der Waals surface area contributed by atoms with Crippen molar-refractivity contribution in [2.45, 2.75) is 13.5 Å². The third-order valence-electron chi connectivity index (χ3n) is 3.20. The summed E-state index contributed by atoms with van der Waals surface area (Å²) >= 11 is 5.81. The SMILES string of the molecule is Cc1ccc(NC(=O)COc2ccc(Cl)cc2)c(CN(C)C)c1. The summed E-state index contributed by atoms with van der Waals surface area (Å²) in [6, 6.07) is 12.9. The van der Waals surface area contributed by atoms with Gasteiger partial charge in [0.1, 0.15) is 5.75 Å². The molecule has 0 aliphatic carbocycles. The van der Waals surface area contributed by atoms with Gasteiger partial charge in [0, 0.05) is 17.3 Å². The zero-order chi connectivity index (χ0) is 16.8. The van der Waals surface area contributed by atoms with Gasteiger partial charge in [-0.25, -0.2) is 0 Å². The van der Waals surface area contributed by atoms with E-state index in [4.69, 9.17) is 16.3 Å². The number of nitrogens with one attached hydrogen (secondary N) is 1. The van der Waals surface area contributed by atoms with Crippen LogP contribution in [0.3, 0.4) is 0 Å². The number of halogens is 1. The molecule has 0 unspecified atom stereocenters. The largest absolute Gasteiger partial charge is 0.484 e. The highest BCUT2D eigenvalue weighted by atomic mass is 35.5. The molecule has 0 radical (unpaired) electrons. The molecule has 0 fully saturated rings. The van der Waals surface area contributed by atoms with Gasteiger partial charge in [0.2, 0.25) is 0 Å². The lowest BCUT2D eigenvalue weighted by atomic mass is 10.1. The van der Waals surface area contributed by atoms with Gasteiger partial charge in [-0.1, -0.05) is 29.3 Å². The van der Waals surface area contributed by atoms with E-state index in [1.54, 1.807) is 24.3 Å². The molecule has 122 valence electrons. The van der Waals surface area contributed by atoms with Gasteiger partial charge in [0.15, 0.2) is 6.61 Å². The van der Waals surface area contributed by atoms with Crippen molar-refractivity contribution in [3.63, 3.8) is 0 Å². The molecule has 0 bridgehead atoms. The van der Waals surface area contributed by atoms with Crippen LogP contribution in [0.25, 0.3) is 0 Å². The lowest BCUT2D eigenvalue weighted by Crippen LogP contribution is -2.22. The molecule has 0 saturated carbocycles. The maximum atomic E-state index is 12.1. The Bertz CT molecular complexity index is 669. The number of hydrogen-bond acceptors (Lipinski definition) is 3. The second-order valence-corrected chi connectivity index (χ2v) is 6.13. The zero-order valence-corrected chi connectivity index (χ0v) is 14.4. The fourth-order valence-electron chi connectivity index (χ4n) is 2.18. The summed E-state index contributed by atoms with van der Waals surface area (Å²) in [6.07, 6.45) is 0. The molecule has 2 aromatic carbocycles. The quantitative estimate of drug-likeness (QED) is 0.876. The fourth-order valence-corrected chi connectivity index (χ4v) is 2.31. The Labute approximate surface area is 142 Å². The second-order valence-electron chi connectivity index (χ2n) is 5.69. The van der Waals surface area contributed by atoms with E-state index in [0.717, 1.165) is 23.4 Å². The molecule has 0 spiro atoms. The molecule has 0 saturated heterocycles. The molecule has 0 heterocycles. The van der Waals surface area contributed by atoms with E-state index in [1.165, 1.54) is 0 Å². The van der Waals surface area contributed by atoms with Gasteiger partial charge in [-0.3, -0.25) is 4.79 Å². The molecule has 4 nitrogen and oxygen atoms in total. The number of ether oxygens (including phenoxy) is 1. The first-order chi connectivity index (χ1) is 10.9. The normalized spacial score (nSPS) is 10.7. The smallest absolute Gasteiger partial charge is 0.262 e. The van der Waals surface area contributed by atoms with Gasteiger partial charge < -0.3 is 15.0 Å². The first-order valence-corrected chi connectivity index (χ1v) is 7.74. The summed E-state index contributed by atoms with van der Waals surface area (Å²) in [5, 5.41) is 3.54. The van der Waals surface area contributed by atoms with Gasteiger partial charge >= 0.3 is 0 Å². The van der Waals surface area contributed by atoms with Crippen LogP contribution in [0.15, 0.2) is 42.5 Å². The van der Waals surface area contributed by atoms with Crippen LogP contribution in [0.5, 0.6) is 5.75 Å². The summed E-state index contributed by atoms with van der Waals surface area (Å²) in [5.74, 6) is 0.422. The van der Waals surface area contributed by atoms with E-state index >= 15 is 0 Å². The van der Waals surface area contributed by atoms with E-state index in [0.29, 0.717) is 10.8 Å². The van der Waals surface area contributed by atoms with E-state index in [9.17, 15) is 4.79 Å². The van der Waals surface area contributed by atoms with Crippen molar-refractivity contribution in [2.24, 2.45) is 0 Å². The van der Waals surface area contributed by atoms with Gasteiger partial charge in [-0.05, 0) is 56.9 Å². The van der Waals surface area contributed by atoms with Crippen LogP contribution in [0.4, 0.5) is 5.69 Å².